The third-order valence-corrected chi connectivity index (χ3v) is 1.79. The fraction of sp³-hybridized carbons (Fsp3) is 0.571. The molecule has 1 aromatic heterocycles. The first kappa shape index (κ1) is 5.03. The molecule has 2 nitrogen and oxygen atoms in total. The highest BCUT2D eigenvalue weighted by atomic mass is 15.1. The van der Waals surface area contributed by atoms with Crippen molar-refractivity contribution in [3.63, 3.8) is 0 Å². The summed E-state index contributed by atoms with van der Waals surface area (Å²) in [6.07, 6.45) is 5.54. The van der Waals surface area contributed by atoms with Gasteiger partial charge in [0.15, 0.2) is 0 Å². The van der Waals surface area contributed by atoms with Crippen molar-refractivity contribution in [1.29, 1.82) is 0 Å². The van der Waals surface area contributed by atoms with Crippen molar-refractivity contribution in [2.75, 3.05) is 0 Å². The highest BCUT2D eigenvalue weighted by Crippen LogP contribution is 2.39. The van der Waals surface area contributed by atoms with Gasteiger partial charge in [-0.15, -0.1) is 0 Å². The van der Waals surface area contributed by atoms with Gasteiger partial charge >= 0.3 is 0 Å². The maximum absolute atomic E-state index is 3.83. The highest BCUT2D eigenvalue weighted by Gasteiger charge is 2.26. The molecule has 1 aliphatic rings. The van der Waals surface area contributed by atoms with Crippen LogP contribution in [0.15, 0.2) is 0 Å². The van der Waals surface area contributed by atoms with E-state index < -0.39 is 0 Å². The Morgan fingerprint density at radius 3 is 2.89 bits per heavy atom. The quantitative estimate of drug-likeness (QED) is 0.597. The van der Waals surface area contributed by atoms with Crippen LogP contribution >= 0.6 is 0 Å². The van der Waals surface area contributed by atoms with E-state index in [1.54, 1.807) is 0 Å². The van der Waals surface area contributed by atoms with Crippen LogP contribution in [0.5, 0.6) is 0 Å². The molecule has 9 heavy (non-hydrogen) atoms. The number of nitrogens with one attached hydrogen (secondary N) is 1. The first-order valence-electron chi connectivity index (χ1n) is 3.30. The lowest BCUT2D eigenvalue weighted by molar-refractivity contribution is 0.958. The molecule has 0 saturated heterocycles. The van der Waals surface area contributed by atoms with Crippen LogP contribution in [0.25, 0.3) is 0 Å². The van der Waals surface area contributed by atoms with Crippen molar-refractivity contribution in [3.05, 3.63) is 17.5 Å². The minimum atomic E-state index is 0.781. The molecule has 0 spiro atoms. The molecule has 1 saturated carbocycles. The SMILES string of the molecule is Cc1[c]n[nH]c1C1CC1. The molecule has 1 aromatic rings. The third-order valence-electron chi connectivity index (χ3n) is 1.79. The van der Waals surface area contributed by atoms with E-state index in [1.807, 2.05) is 0 Å². The molecule has 0 unspecified atom stereocenters. The van der Waals surface area contributed by atoms with Gasteiger partial charge < -0.3 is 0 Å². The summed E-state index contributed by atoms with van der Waals surface area (Å²) in [5.41, 5.74) is 2.49. The van der Waals surface area contributed by atoms with Crippen LogP contribution in [0, 0.1) is 13.1 Å². The average molecular weight is 121 g/mol. The first-order valence-corrected chi connectivity index (χ1v) is 3.30. The number of aryl methyl sites for hydroxylation is 1. The van der Waals surface area contributed by atoms with E-state index in [1.165, 1.54) is 24.1 Å². The number of nitrogens with zero attached hydrogens (tertiary/aromatic N) is 1. The van der Waals surface area contributed by atoms with Crippen LogP contribution in [-0.4, -0.2) is 10.2 Å². The fourth-order valence-electron chi connectivity index (χ4n) is 1.09. The summed E-state index contributed by atoms with van der Waals surface area (Å²) >= 11 is 0. The zero-order chi connectivity index (χ0) is 6.27. The van der Waals surface area contributed by atoms with Crippen molar-refractivity contribution in [2.45, 2.75) is 25.7 Å². The van der Waals surface area contributed by atoms with Crippen LogP contribution in [0.4, 0.5) is 0 Å². The predicted molar refractivity (Wildman–Crippen MR) is 34.1 cm³/mol. The van der Waals surface area contributed by atoms with Gasteiger partial charge in [-0.1, -0.05) is 0 Å². The Hall–Kier alpha value is -0.790. The topological polar surface area (TPSA) is 28.7 Å². The molecule has 0 amide bonds. The standard InChI is InChI=1S/C7H9N2/c1-5-4-8-9-7(5)6-2-3-6/h6H,2-3H2,1H3,(H,8,9). The molecule has 1 aliphatic carbocycles. The first-order chi connectivity index (χ1) is 4.38. The molecule has 2 heteroatoms. The Balaban J connectivity index is 2.35. The van der Waals surface area contributed by atoms with Crippen molar-refractivity contribution in [2.24, 2.45) is 0 Å². The Morgan fingerprint density at radius 1 is 1.67 bits per heavy atom. The van der Waals surface area contributed by atoms with Gasteiger partial charge in [0.2, 0.25) is 0 Å². The van der Waals surface area contributed by atoms with Gasteiger partial charge in [-0.3, -0.25) is 5.10 Å². The largest absolute Gasteiger partial charge is 0.281 e. The third kappa shape index (κ3) is 0.745. The Labute approximate surface area is 54.3 Å². The monoisotopic (exact) mass is 121 g/mol. The van der Waals surface area contributed by atoms with E-state index in [2.05, 4.69) is 23.3 Å². The molecule has 1 radical (unpaired) electrons. The van der Waals surface area contributed by atoms with Crippen LogP contribution in [0.3, 0.4) is 0 Å². The molecular formula is C7H9N2. The molecule has 47 valence electrons. The lowest BCUT2D eigenvalue weighted by Crippen LogP contribution is -1.80. The van der Waals surface area contributed by atoms with Crippen LogP contribution in [0.2, 0.25) is 0 Å². The van der Waals surface area contributed by atoms with Gasteiger partial charge in [-0.2, -0.15) is 5.10 Å². The number of hydrogen-bond acceptors (Lipinski definition) is 1. The Morgan fingerprint density at radius 2 is 2.44 bits per heavy atom. The molecule has 2 rings (SSSR count). The van der Waals surface area contributed by atoms with E-state index in [0.717, 1.165) is 5.92 Å². The highest BCUT2D eigenvalue weighted by molar-refractivity contribution is 5.21. The van der Waals surface area contributed by atoms with Gasteiger partial charge in [0.1, 0.15) is 6.20 Å². The van der Waals surface area contributed by atoms with Gasteiger partial charge in [0.05, 0.1) is 0 Å². The van der Waals surface area contributed by atoms with E-state index in [4.69, 9.17) is 0 Å². The summed E-state index contributed by atoms with van der Waals surface area (Å²) < 4.78 is 0. The summed E-state index contributed by atoms with van der Waals surface area (Å²) in [5, 5.41) is 6.79. The maximum Gasteiger partial charge on any atom is 0.116 e. The summed E-state index contributed by atoms with van der Waals surface area (Å²) in [4.78, 5) is 0. The van der Waals surface area contributed by atoms with Crippen molar-refractivity contribution >= 4 is 0 Å². The zero-order valence-corrected chi connectivity index (χ0v) is 5.44. The summed E-state index contributed by atoms with van der Waals surface area (Å²) in [7, 11) is 0. The number of hydrogen-bond donors (Lipinski definition) is 1. The molecule has 1 fully saturated rings. The van der Waals surface area contributed by atoms with Crippen LogP contribution in [0.1, 0.15) is 30.0 Å². The van der Waals surface area contributed by atoms with Crippen molar-refractivity contribution < 1.29 is 0 Å². The lowest BCUT2D eigenvalue weighted by Gasteiger charge is -1.89. The number of aromatic amines is 1. The molecule has 0 aliphatic heterocycles. The minimum Gasteiger partial charge on any atom is -0.281 e. The average Bonchev–Trinajstić information content (AvgIpc) is 2.58. The maximum atomic E-state index is 3.83. The van der Waals surface area contributed by atoms with Crippen LogP contribution < -0.4 is 0 Å². The van der Waals surface area contributed by atoms with Crippen molar-refractivity contribution in [1.82, 2.24) is 10.2 Å². The molecule has 1 heterocycles. The van der Waals surface area contributed by atoms with Gasteiger partial charge in [-0.25, -0.2) is 0 Å². The second kappa shape index (κ2) is 1.59. The predicted octanol–water partition coefficient (Wildman–Crippen LogP) is 1.40. The summed E-state index contributed by atoms with van der Waals surface area (Å²) in [6, 6.07) is 0. The second-order valence-electron chi connectivity index (χ2n) is 2.65. The Kier molecular flexibility index (Phi) is 0.891. The van der Waals surface area contributed by atoms with Crippen molar-refractivity contribution in [3.8, 4) is 0 Å². The molecule has 1 N–H and O–H groups in total. The second-order valence-corrected chi connectivity index (χ2v) is 2.65. The number of rotatable bonds is 1. The molecule has 0 aromatic carbocycles. The van der Waals surface area contributed by atoms with Gasteiger partial charge in [0, 0.05) is 11.6 Å². The van der Waals surface area contributed by atoms with Gasteiger partial charge in [-0.05, 0) is 25.3 Å². The van der Waals surface area contributed by atoms with E-state index in [9.17, 15) is 0 Å². The minimum absolute atomic E-state index is 0.781. The zero-order valence-electron chi connectivity index (χ0n) is 5.44. The fourth-order valence-corrected chi connectivity index (χ4v) is 1.09. The normalized spacial score (nSPS) is 18.3. The van der Waals surface area contributed by atoms with E-state index >= 15 is 0 Å². The number of H-pyrrole nitrogens is 1. The summed E-state index contributed by atoms with van der Waals surface area (Å²) in [5.74, 6) is 0.781. The molecular weight excluding hydrogens is 112 g/mol. The lowest BCUT2D eigenvalue weighted by atomic mass is 10.2. The Bertz CT molecular complexity index is 210. The van der Waals surface area contributed by atoms with Crippen LogP contribution in [-0.2, 0) is 0 Å². The van der Waals surface area contributed by atoms with E-state index in [0.29, 0.717) is 0 Å². The molecule has 0 bridgehead atoms. The molecule has 0 atom stereocenters. The van der Waals surface area contributed by atoms with E-state index in [-0.39, 0.29) is 0 Å². The number of aromatic nitrogens is 2. The summed E-state index contributed by atoms with van der Waals surface area (Å²) in [6.45, 7) is 2.05. The smallest absolute Gasteiger partial charge is 0.116 e. The van der Waals surface area contributed by atoms with Gasteiger partial charge in [0.25, 0.3) is 0 Å².